The Bertz CT molecular complexity index is 744. The van der Waals surface area contributed by atoms with Crippen LogP contribution in [0.2, 0.25) is 0 Å². The third-order valence-corrected chi connectivity index (χ3v) is 4.61. The van der Waals surface area contributed by atoms with E-state index in [-0.39, 0.29) is 0 Å². The van der Waals surface area contributed by atoms with E-state index in [9.17, 15) is 0 Å². The first-order chi connectivity index (χ1) is 12.3. The summed E-state index contributed by atoms with van der Waals surface area (Å²) in [5, 5.41) is 0. The van der Waals surface area contributed by atoms with Gasteiger partial charge in [0.05, 0.1) is 5.69 Å². The molecular formula is C23H28N2. The number of nitrogens with zero attached hydrogens (tertiary/aromatic N) is 2. The topological polar surface area (TPSA) is 17.8 Å². The molecule has 0 spiro atoms. The Balaban J connectivity index is 1.65. The van der Waals surface area contributed by atoms with E-state index in [2.05, 4.69) is 78.4 Å². The molecule has 0 bridgehead atoms. The van der Waals surface area contributed by atoms with Crippen molar-refractivity contribution in [1.82, 2.24) is 9.55 Å². The van der Waals surface area contributed by atoms with Crippen molar-refractivity contribution in [3.63, 3.8) is 0 Å². The van der Waals surface area contributed by atoms with E-state index < -0.39 is 0 Å². The van der Waals surface area contributed by atoms with Crippen molar-refractivity contribution in [2.24, 2.45) is 0 Å². The summed E-state index contributed by atoms with van der Waals surface area (Å²) in [4.78, 5) is 4.95. The molecule has 0 radical (unpaired) electrons. The van der Waals surface area contributed by atoms with Crippen molar-refractivity contribution in [3.05, 3.63) is 89.5 Å². The molecule has 2 aromatic carbocycles. The van der Waals surface area contributed by atoms with Gasteiger partial charge in [0.2, 0.25) is 0 Å². The summed E-state index contributed by atoms with van der Waals surface area (Å²) in [6.45, 7) is 3.32. The lowest BCUT2D eigenvalue weighted by Gasteiger charge is -2.06. The lowest BCUT2D eigenvalue weighted by Crippen LogP contribution is -2.03. The minimum atomic E-state index is 0.920. The molecule has 0 saturated carbocycles. The number of hydrogen-bond acceptors (Lipinski definition) is 1. The van der Waals surface area contributed by atoms with Crippen molar-refractivity contribution in [2.45, 2.75) is 52.0 Å². The first-order valence-electron chi connectivity index (χ1n) is 9.48. The fraction of sp³-hybridized carbons (Fsp3) is 0.348. The monoisotopic (exact) mass is 332 g/mol. The van der Waals surface area contributed by atoms with Crippen LogP contribution >= 0.6 is 0 Å². The second kappa shape index (κ2) is 9.22. The number of rotatable bonds is 9. The maximum atomic E-state index is 4.95. The largest absolute Gasteiger partial charge is 0.334 e. The molecule has 0 aliphatic carbocycles. The molecule has 0 fully saturated rings. The second-order valence-electron chi connectivity index (χ2n) is 6.70. The van der Waals surface area contributed by atoms with Gasteiger partial charge in [0.1, 0.15) is 5.82 Å². The van der Waals surface area contributed by atoms with Gasteiger partial charge in [-0.25, -0.2) is 4.98 Å². The van der Waals surface area contributed by atoms with Gasteiger partial charge in [-0.2, -0.15) is 0 Å². The maximum Gasteiger partial charge on any atom is 0.113 e. The summed E-state index contributed by atoms with van der Waals surface area (Å²) < 4.78 is 2.37. The first kappa shape index (κ1) is 17.5. The van der Waals surface area contributed by atoms with Gasteiger partial charge in [-0.15, -0.1) is 0 Å². The normalized spacial score (nSPS) is 10.9. The minimum Gasteiger partial charge on any atom is -0.334 e. The summed E-state index contributed by atoms with van der Waals surface area (Å²) in [6, 6.07) is 21.4. The Morgan fingerprint density at radius 2 is 1.48 bits per heavy atom. The van der Waals surface area contributed by atoms with Crippen molar-refractivity contribution in [3.8, 4) is 0 Å². The van der Waals surface area contributed by atoms with Crippen LogP contribution in [0.3, 0.4) is 0 Å². The molecule has 3 rings (SSSR count). The third-order valence-electron chi connectivity index (χ3n) is 4.61. The highest BCUT2D eigenvalue weighted by atomic mass is 15.1. The summed E-state index contributed by atoms with van der Waals surface area (Å²) in [7, 11) is 0. The fourth-order valence-electron chi connectivity index (χ4n) is 3.19. The van der Waals surface area contributed by atoms with Gasteiger partial charge < -0.3 is 4.57 Å². The van der Waals surface area contributed by atoms with Gasteiger partial charge in [-0.1, -0.05) is 74.0 Å². The molecule has 130 valence electrons. The summed E-state index contributed by atoms with van der Waals surface area (Å²) in [6.07, 6.45) is 8.95. The Morgan fingerprint density at radius 1 is 0.800 bits per heavy atom. The van der Waals surface area contributed by atoms with E-state index in [4.69, 9.17) is 4.98 Å². The van der Waals surface area contributed by atoms with E-state index in [1.165, 1.54) is 35.5 Å². The van der Waals surface area contributed by atoms with Gasteiger partial charge in [-0.05, 0) is 36.8 Å². The lowest BCUT2D eigenvalue weighted by molar-refractivity contribution is 0.608. The quantitative estimate of drug-likeness (QED) is 0.509. The van der Waals surface area contributed by atoms with Crippen molar-refractivity contribution < 1.29 is 0 Å². The molecule has 0 amide bonds. The average molecular weight is 332 g/mol. The number of imidazole rings is 1. The highest BCUT2D eigenvalue weighted by Crippen LogP contribution is 2.14. The molecule has 0 saturated heterocycles. The van der Waals surface area contributed by atoms with Gasteiger partial charge in [0.15, 0.2) is 0 Å². The molecule has 0 N–H and O–H groups in total. The molecule has 0 aliphatic heterocycles. The van der Waals surface area contributed by atoms with Gasteiger partial charge >= 0.3 is 0 Å². The third kappa shape index (κ3) is 5.32. The number of hydrogen-bond donors (Lipinski definition) is 0. The van der Waals surface area contributed by atoms with Crippen LogP contribution in [0.1, 0.15) is 48.8 Å². The lowest BCUT2D eigenvalue weighted by atomic mass is 10.1. The molecule has 0 atom stereocenters. The van der Waals surface area contributed by atoms with Crippen LogP contribution in [0.5, 0.6) is 0 Å². The zero-order valence-corrected chi connectivity index (χ0v) is 15.2. The fourth-order valence-corrected chi connectivity index (χ4v) is 3.19. The minimum absolute atomic E-state index is 0.920. The molecule has 0 unspecified atom stereocenters. The molecule has 3 aromatic rings. The van der Waals surface area contributed by atoms with E-state index in [0.717, 1.165) is 32.2 Å². The smallest absolute Gasteiger partial charge is 0.113 e. The molecule has 1 aromatic heterocycles. The van der Waals surface area contributed by atoms with Crippen LogP contribution < -0.4 is 0 Å². The van der Waals surface area contributed by atoms with Gasteiger partial charge in [-0.3, -0.25) is 0 Å². The van der Waals surface area contributed by atoms with Gasteiger partial charge in [0.25, 0.3) is 0 Å². The molecule has 0 aliphatic rings. The van der Waals surface area contributed by atoms with Crippen LogP contribution in [-0.4, -0.2) is 9.55 Å². The number of benzene rings is 2. The number of aromatic nitrogens is 2. The molecule has 25 heavy (non-hydrogen) atoms. The SMILES string of the molecule is CCCCn1cc(CCCc2ccccc2)nc1Cc1ccccc1. The molecule has 2 nitrogen and oxygen atoms in total. The van der Waals surface area contributed by atoms with E-state index in [0.29, 0.717) is 0 Å². The zero-order valence-electron chi connectivity index (χ0n) is 15.2. The van der Waals surface area contributed by atoms with Crippen LogP contribution in [0, 0.1) is 0 Å². The number of unbranched alkanes of at least 4 members (excludes halogenated alkanes) is 1. The number of aryl methyl sites for hydroxylation is 3. The summed E-state index contributed by atoms with van der Waals surface area (Å²) >= 11 is 0. The Hall–Kier alpha value is -2.35. The highest BCUT2D eigenvalue weighted by Gasteiger charge is 2.09. The van der Waals surface area contributed by atoms with Crippen LogP contribution in [-0.2, 0) is 25.8 Å². The first-order valence-corrected chi connectivity index (χ1v) is 9.48. The van der Waals surface area contributed by atoms with E-state index in [1.807, 2.05) is 0 Å². The summed E-state index contributed by atoms with van der Waals surface area (Å²) in [5.74, 6) is 1.20. The van der Waals surface area contributed by atoms with Crippen molar-refractivity contribution >= 4 is 0 Å². The molecular weight excluding hydrogens is 304 g/mol. The maximum absolute atomic E-state index is 4.95. The van der Waals surface area contributed by atoms with Crippen LogP contribution in [0.15, 0.2) is 66.9 Å². The Morgan fingerprint density at radius 3 is 2.16 bits per heavy atom. The highest BCUT2D eigenvalue weighted by molar-refractivity contribution is 5.20. The summed E-state index contributed by atoms with van der Waals surface area (Å²) in [5.41, 5.74) is 3.98. The average Bonchev–Trinajstić information content (AvgIpc) is 3.03. The second-order valence-corrected chi connectivity index (χ2v) is 6.70. The Labute approximate surface area is 151 Å². The molecule has 1 heterocycles. The Kier molecular flexibility index (Phi) is 6.44. The van der Waals surface area contributed by atoms with Crippen molar-refractivity contribution in [1.29, 1.82) is 0 Å². The van der Waals surface area contributed by atoms with Gasteiger partial charge in [0, 0.05) is 19.2 Å². The van der Waals surface area contributed by atoms with Crippen LogP contribution in [0.25, 0.3) is 0 Å². The molecule has 2 heteroatoms. The predicted molar refractivity (Wildman–Crippen MR) is 105 cm³/mol. The predicted octanol–water partition coefficient (Wildman–Crippen LogP) is 5.45. The van der Waals surface area contributed by atoms with E-state index in [1.54, 1.807) is 0 Å². The van der Waals surface area contributed by atoms with Crippen molar-refractivity contribution in [2.75, 3.05) is 0 Å². The van der Waals surface area contributed by atoms with E-state index >= 15 is 0 Å². The zero-order chi connectivity index (χ0) is 17.3. The van der Waals surface area contributed by atoms with Crippen LogP contribution in [0.4, 0.5) is 0 Å². The standard InChI is InChI=1S/C23H28N2/c1-2-3-17-25-19-22(16-10-15-20-11-6-4-7-12-20)24-23(25)18-21-13-8-5-9-14-21/h4-9,11-14,19H,2-3,10,15-18H2,1H3.